The molecule has 0 bridgehead atoms. The zero-order valence-electron chi connectivity index (χ0n) is 11.5. The Hall–Kier alpha value is -2.12. The number of nitrogens with zero attached hydrogens (tertiary/aromatic N) is 2. The molecule has 0 aliphatic rings. The number of hydrogen-bond acceptors (Lipinski definition) is 3. The molecule has 0 unspecified atom stereocenters. The molecule has 1 rings (SSSR count). The van der Waals surface area contributed by atoms with Crippen LogP contribution >= 0.6 is 0 Å². The zero-order chi connectivity index (χ0) is 16.2. The first-order chi connectivity index (χ1) is 9.61. The second-order valence-electron chi connectivity index (χ2n) is 4.90. The van der Waals surface area contributed by atoms with E-state index in [0.717, 1.165) is 17.2 Å². The van der Waals surface area contributed by atoms with Gasteiger partial charge in [-0.3, -0.25) is 14.6 Å². The summed E-state index contributed by atoms with van der Waals surface area (Å²) in [5.41, 5.74) is -1.18. The predicted molar refractivity (Wildman–Crippen MR) is 67.6 cm³/mol. The number of carbonyl (C=O) groups excluding carboxylic acids is 1. The van der Waals surface area contributed by atoms with Crippen molar-refractivity contribution in [2.24, 2.45) is 5.92 Å². The highest BCUT2D eigenvalue weighted by Crippen LogP contribution is 2.27. The smallest absolute Gasteiger partial charge is 0.433 e. The maximum atomic E-state index is 12.4. The molecule has 1 aromatic rings. The number of carbonyl (C=O) groups is 2. The quantitative estimate of drug-likeness (QED) is 0.906. The summed E-state index contributed by atoms with van der Waals surface area (Å²) in [6.07, 6.45) is -3.78. The molecule has 0 aliphatic carbocycles. The standard InChI is InChI=1S/C13H15F3N2O3/c1-8(2)6-18(7-11(19)20)12(21)9-3-4-10(17-5-9)13(14,15)16/h3-5,8H,6-7H2,1-2H3,(H,19,20). The van der Waals surface area contributed by atoms with Crippen LogP contribution in [0, 0.1) is 5.92 Å². The normalized spacial score (nSPS) is 11.5. The molecule has 0 saturated heterocycles. The van der Waals surface area contributed by atoms with Crippen molar-refractivity contribution in [2.45, 2.75) is 20.0 Å². The maximum Gasteiger partial charge on any atom is 0.433 e. The molecule has 0 fully saturated rings. The van der Waals surface area contributed by atoms with Crippen LogP contribution in [-0.4, -0.2) is 40.0 Å². The molecule has 0 radical (unpaired) electrons. The van der Waals surface area contributed by atoms with E-state index >= 15 is 0 Å². The first-order valence-corrected chi connectivity index (χ1v) is 6.15. The van der Waals surface area contributed by atoms with Gasteiger partial charge in [0.25, 0.3) is 5.91 Å². The number of carboxylic acids is 1. The Morgan fingerprint density at radius 1 is 1.33 bits per heavy atom. The first-order valence-electron chi connectivity index (χ1n) is 6.15. The maximum absolute atomic E-state index is 12.4. The molecule has 0 aromatic carbocycles. The monoisotopic (exact) mass is 304 g/mol. The number of hydrogen-bond donors (Lipinski definition) is 1. The van der Waals surface area contributed by atoms with Gasteiger partial charge in [0.15, 0.2) is 0 Å². The summed E-state index contributed by atoms with van der Waals surface area (Å²) in [6, 6.07) is 1.69. The molecule has 0 saturated carbocycles. The van der Waals surface area contributed by atoms with Gasteiger partial charge in [-0.15, -0.1) is 0 Å². The molecule has 8 heteroatoms. The lowest BCUT2D eigenvalue weighted by Crippen LogP contribution is -2.38. The summed E-state index contributed by atoms with van der Waals surface area (Å²) < 4.78 is 37.2. The summed E-state index contributed by atoms with van der Waals surface area (Å²) in [5.74, 6) is -1.83. The van der Waals surface area contributed by atoms with Crippen LogP contribution in [-0.2, 0) is 11.0 Å². The number of pyridine rings is 1. The van der Waals surface area contributed by atoms with Crippen molar-refractivity contribution < 1.29 is 27.9 Å². The van der Waals surface area contributed by atoms with Crippen LogP contribution in [0.2, 0.25) is 0 Å². The van der Waals surface area contributed by atoms with Gasteiger partial charge in [-0.25, -0.2) is 0 Å². The molecule has 0 spiro atoms. The lowest BCUT2D eigenvalue weighted by atomic mass is 10.1. The summed E-state index contributed by atoms with van der Waals surface area (Å²) in [6.45, 7) is 3.27. The number of aromatic nitrogens is 1. The van der Waals surface area contributed by atoms with Crippen molar-refractivity contribution in [1.29, 1.82) is 0 Å². The number of carboxylic acid groups (broad SMARTS) is 1. The molecular formula is C13H15F3N2O3. The third-order valence-electron chi connectivity index (χ3n) is 2.50. The molecule has 1 N–H and O–H groups in total. The largest absolute Gasteiger partial charge is 0.480 e. The second kappa shape index (κ2) is 6.55. The third kappa shape index (κ3) is 5.05. The third-order valence-corrected chi connectivity index (χ3v) is 2.50. The Kier molecular flexibility index (Phi) is 5.28. The van der Waals surface area contributed by atoms with Gasteiger partial charge in [-0.2, -0.15) is 13.2 Å². The van der Waals surface area contributed by atoms with Gasteiger partial charge in [0.1, 0.15) is 12.2 Å². The van der Waals surface area contributed by atoms with E-state index < -0.39 is 30.3 Å². The second-order valence-corrected chi connectivity index (χ2v) is 4.90. The molecule has 1 amide bonds. The Labute approximate surface area is 119 Å². The molecule has 21 heavy (non-hydrogen) atoms. The fourth-order valence-electron chi connectivity index (χ4n) is 1.69. The van der Waals surface area contributed by atoms with Crippen LogP contribution in [0.25, 0.3) is 0 Å². The summed E-state index contributed by atoms with van der Waals surface area (Å²) in [7, 11) is 0. The highest BCUT2D eigenvalue weighted by Gasteiger charge is 2.32. The average molecular weight is 304 g/mol. The van der Waals surface area contributed by atoms with Crippen molar-refractivity contribution in [2.75, 3.05) is 13.1 Å². The minimum Gasteiger partial charge on any atom is -0.480 e. The van der Waals surface area contributed by atoms with E-state index in [0.29, 0.717) is 6.07 Å². The van der Waals surface area contributed by atoms with Gasteiger partial charge < -0.3 is 10.0 Å². The lowest BCUT2D eigenvalue weighted by Gasteiger charge is -2.22. The van der Waals surface area contributed by atoms with Crippen LogP contribution in [0.3, 0.4) is 0 Å². The van der Waals surface area contributed by atoms with Crippen molar-refractivity contribution >= 4 is 11.9 Å². The van der Waals surface area contributed by atoms with Crippen LogP contribution < -0.4 is 0 Å². The number of amides is 1. The van der Waals surface area contributed by atoms with Crippen molar-refractivity contribution in [3.05, 3.63) is 29.6 Å². The molecule has 1 heterocycles. The average Bonchev–Trinajstić information content (AvgIpc) is 2.35. The van der Waals surface area contributed by atoms with E-state index in [2.05, 4.69) is 4.98 Å². The Bertz CT molecular complexity index is 512. The first kappa shape index (κ1) is 16.9. The van der Waals surface area contributed by atoms with Gasteiger partial charge >= 0.3 is 12.1 Å². The Morgan fingerprint density at radius 3 is 2.33 bits per heavy atom. The van der Waals surface area contributed by atoms with Crippen molar-refractivity contribution in [1.82, 2.24) is 9.88 Å². The molecular weight excluding hydrogens is 289 g/mol. The van der Waals surface area contributed by atoms with E-state index in [1.807, 2.05) is 0 Å². The fourth-order valence-corrected chi connectivity index (χ4v) is 1.69. The van der Waals surface area contributed by atoms with Gasteiger partial charge in [-0.05, 0) is 18.1 Å². The number of rotatable bonds is 5. The van der Waals surface area contributed by atoms with Crippen LogP contribution in [0.4, 0.5) is 13.2 Å². The zero-order valence-corrected chi connectivity index (χ0v) is 11.5. The molecule has 0 aliphatic heterocycles. The Balaban J connectivity index is 2.95. The van der Waals surface area contributed by atoms with E-state index in [1.165, 1.54) is 0 Å². The summed E-state index contributed by atoms with van der Waals surface area (Å²) >= 11 is 0. The molecule has 1 aromatic heterocycles. The summed E-state index contributed by atoms with van der Waals surface area (Å²) in [5, 5.41) is 8.79. The molecule has 5 nitrogen and oxygen atoms in total. The van der Waals surface area contributed by atoms with E-state index in [4.69, 9.17) is 5.11 Å². The molecule has 0 atom stereocenters. The minimum atomic E-state index is -4.58. The SMILES string of the molecule is CC(C)CN(CC(=O)O)C(=O)c1ccc(C(F)(F)F)nc1. The van der Waals surface area contributed by atoms with Crippen LogP contribution in [0.5, 0.6) is 0 Å². The summed E-state index contributed by atoms with van der Waals surface area (Å²) in [4.78, 5) is 27.1. The Morgan fingerprint density at radius 2 is 1.95 bits per heavy atom. The van der Waals surface area contributed by atoms with E-state index in [1.54, 1.807) is 13.8 Å². The van der Waals surface area contributed by atoms with Crippen molar-refractivity contribution in [3.8, 4) is 0 Å². The van der Waals surface area contributed by atoms with Gasteiger partial charge in [-0.1, -0.05) is 13.8 Å². The number of aliphatic carboxylic acids is 1. The fraction of sp³-hybridized carbons (Fsp3) is 0.462. The van der Waals surface area contributed by atoms with Gasteiger partial charge in [0, 0.05) is 12.7 Å². The molecule has 116 valence electrons. The highest BCUT2D eigenvalue weighted by molar-refractivity contribution is 5.95. The predicted octanol–water partition coefficient (Wildman–Crippen LogP) is 2.28. The lowest BCUT2D eigenvalue weighted by molar-refractivity contribution is -0.141. The number of halogens is 3. The highest BCUT2D eigenvalue weighted by atomic mass is 19.4. The topological polar surface area (TPSA) is 70.5 Å². The van der Waals surface area contributed by atoms with Gasteiger partial charge in [0.2, 0.25) is 0 Å². The van der Waals surface area contributed by atoms with Crippen molar-refractivity contribution in [3.63, 3.8) is 0 Å². The number of alkyl halides is 3. The van der Waals surface area contributed by atoms with E-state index in [-0.39, 0.29) is 18.0 Å². The van der Waals surface area contributed by atoms with E-state index in [9.17, 15) is 22.8 Å². The van der Waals surface area contributed by atoms with Crippen LogP contribution in [0.15, 0.2) is 18.3 Å². The minimum absolute atomic E-state index is 0.0238. The van der Waals surface area contributed by atoms with Gasteiger partial charge in [0.05, 0.1) is 5.56 Å². The van der Waals surface area contributed by atoms with Crippen LogP contribution in [0.1, 0.15) is 29.9 Å².